The van der Waals surface area contributed by atoms with Gasteiger partial charge in [0.2, 0.25) is 0 Å². The van der Waals surface area contributed by atoms with Gasteiger partial charge in [-0.25, -0.2) is 0 Å². The van der Waals surface area contributed by atoms with Gasteiger partial charge in [0.15, 0.2) is 0 Å². The molecule has 2 aromatic heterocycles. The molecule has 0 bridgehead atoms. The summed E-state index contributed by atoms with van der Waals surface area (Å²) < 4.78 is 3.88. The van der Waals surface area contributed by atoms with Crippen LogP contribution in [0.25, 0.3) is 16.6 Å². The third kappa shape index (κ3) is 2.52. The number of carbonyl (C=O) groups is 1. The molecule has 0 saturated carbocycles. The average molecular weight is 308 g/mol. The number of benzene rings is 1. The lowest BCUT2D eigenvalue weighted by molar-refractivity contribution is 0.0724. The van der Waals surface area contributed by atoms with Crippen LogP contribution in [-0.4, -0.2) is 38.2 Å². The van der Waals surface area contributed by atoms with Crippen LogP contribution in [0.3, 0.4) is 0 Å². The largest absolute Gasteiger partial charge is 0.339 e. The Balaban J connectivity index is 1.68. The summed E-state index contributed by atoms with van der Waals surface area (Å²) in [6.07, 6.45) is 9.31. The van der Waals surface area contributed by atoms with E-state index < -0.39 is 0 Å². The Morgan fingerprint density at radius 2 is 1.96 bits per heavy atom. The highest BCUT2D eigenvalue weighted by Crippen LogP contribution is 2.23. The van der Waals surface area contributed by atoms with Crippen LogP contribution in [0.1, 0.15) is 29.6 Å². The zero-order chi connectivity index (χ0) is 15.8. The van der Waals surface area contributed by atoms with Crippen molar-refractivity contribution in [2.75, 3.05) is 13.1 Å². The molecule has 3 heterocycles. The fourth-order valence-electron chi connectivity index (χ4n) is 3.31. The van der Waals surface area contributed by atoms with Gasteiger partial charge in [-0.1, -0.05) is 0 Å². The van der Waals surface area contributed by atoms with Gasteiger partial charge in [0.1, 0.15) is 0 Å². The Morgan fingerprint density at radius 1 is 1.13 bits per heavy atom. The van der Waals surface area contributed by atoms with E-state index in [-0.39, 0.29) is 5.91 Å². The molecule has 118 valence electrons. The maximum absolute atomic E-state index is 12.6. The Morgan fingerprint density at radius 3 is 2.70 bits per heavy atom. The minimum absolute atomic E-state index is 0.153. The maximum atomic E-state index is 12.6. The highest BCUT2D eigenvalue weighted by atomic mass is 16.2. The molecule has 1 fully saturated rings. The minimum Gasteiger partial charge on any atom is -0.339 e. The van der Waals surface area contributed by atoms with Gasteiger partial charge in [0, 0.05) is 43.5 Å². The number of aromatic nitrogens is 3. The molecule has 5 heteroatoms. The van der Waals surface area contributed by atoms with Crippen molar-refractivity contribution in [3.05, 3.63) is 48.4 Å². The molecule has 0 N–H and O–H groups in total. The van der Waals surface area contributed by atoms with Gasteiger partial charge in [-0.3, -0.25) is 9.48 Å². The van der Waals surface area contributed by atoms with Crippen LogP contribution < -0.4 is 0 Å². The second kappa shape index (κ2) is 5.57. The molecule has 3 aromatic rings. The SMILES string of the molecule is Cn1cc(-n2ccc3cc(C(=O)N4CCCCC4)ccc32)cn1. The fourth-order valence-corrected chi connectivity index (χ4v) is 3.31. The lowest BCUT2D eigenvalue weighted by Crippen LogP contribution is -2.35. The molecule has 0 unspecified atom stereocenters. The second-order valence-electron chi connectivity index (χ2n) is 6.18. The molecule has 0 aliphatic carbocycles. The van der Waals surface area contributed by atoms with Crippen molar-refractivity contribution in [2.45, 2.75) is 19.3 Å². The molecule has 23 heavy (non-hydrogen) atoms. The monoisotopic (exact) mass is 308 g/mol. The summed E-state index contributed by atoms with van der Waals surface area (Å²) in [6.45, 7) is 1.77. The number of nitrogens with zero attached hydrogens (tertiary/aromatic N) is 4. The molecule has 1 aliphatic heterocycles. The normalized spacial score (nSPS) is 15.3. The molecular weight excluding hydrogens is 288 g/mol. The Kier molecular flexibility index (Phi) is 3.41. The number of rotatable bonds is 2. The summed E-state index contributed by atoms with van der Waals surface area (Å²) in [5, 5.41) is 5.30. The number of hydrogen-bond acceptors (Lipinski definition) is 2. The molecule has 5 nitrogen and oxygen atoms in total. The maximum Gasteiger partial charge on any atom is 0.253 e. The lowest BCUT2D eigenvalue weighted by Gasteiger charge is -2.26. The van der Waals surface area contributed by atoms with Crippen molar-refractivity contribution < 1.29 is 4.79 Å². The zero-order valence-electron chi connectivity index (χ0n) is 13.3. The van der Waals surface area contributed by atoms with Gasteiger partial charge in [-0.05, 0) is 43.5 Å². The summed E-state index contributed by atoms with van der Waals surface area (Å²) in [7, 11) is 1.91. The van der Waals surface area contributed by atoms with Gasteiger partial charge in [-0.2, -0.15) is 5.10 Å². The molecular formula is C18H20N4O. The van der Waals surface area contributed by atoms with E-state index in [1.54, 1.807) is 4.68 Å². The zero-order valence-corrected chi connectivity index (χ0v) is 13.3. The van der Waals surface area contributed by atoms with E-state index in [4.69, 9.17) is 0 Å². The van der Waals surface area contributed by atoms with Gasteiger partial charge in [0.05, 0.1) is 17.4 Å². The first-order valence-corrected chi connectivity index (χ1v) is 8.12. The van der Waals surface area contributed by atoms with Crippen LogP contribution in [0.2, 0.25) is 0 Å². The molecule has 0 spiro atoms. The standard InChI is InChI=1S/C18H20N4O/c1-20-13-16(12-19-20)22-10-7-14-11-15(5-6-17(14)22)18(23)21-8-3-2-4-9-21/h5-7,10-13H,2-4,8-9H2,1H3. The summed E-state index contributed by atoms with van der Waals surface area (Å²) in [6, 6.07) is 8.01. The van der Waals surface area contributed by atoms with Crippen LogP contribution in [0.4, 0.5) is 0 Å². The second-order valence-corrected chi connectivity index (χ2v) is 6.18. The smallest absolute Gasteiger partial charge is 0.253 e. The van der Waals surface area contributed by atoms with Crippen LogP contribution >= 0.6 is 0 Å². The van der Waals surface area contributed by atoms with E-state index in [9.17, 15) is 4.79 Å². The molecule has 0 radical (unpaired) electrons. The summed E-state index contributed by atoms with van der Waals surface area (Å²) in [5.74, 6) is 0.153. The van der Waals surface area contributed by atoms with Crippen molar-refractivity contribution in [3.8, 4) is 5.69 Å². The molecule has 4 rings (SSSR count). The predicted octanol–water partition coefficient (Wildman–Crippen LogP) is 2.99. The molecule has 1 amide bonds. The number of likely N-dealkylation sites (tertiary alicyclic amines) is 1. The fraction of sp³-hybridized carbons (Fsp3) is 0.333. The number of hydrogen-bond donors (Lipinski definition) is 0. The van der Waals surface area contributed by atoms with Crippen molar-refractivity contribution in [2.24, 2.45) is 7.05 Å². The molecule has 0 atom stereocenters. The van der Waals surface area contributed by atoms with E-state index in [2.05, 4.69) is 15.7 Å². The molecule has 1 aromatic carbocycles. The quantitative estimate of drug-likeness (QED) is 0.730. The first-order chi connectivity index (χ1) is 11.2. The number of piperidine rings is 1. The van der Waals surface area contributed by atoms with E-state index in [0.29, 0.717) is 0 Å². The van der Waals surface area contributed by atoms with Gasteiger partial charge >= 0.3 is 0 Å². The Bertz CT molecular complexity index is 855. The van der Waals surface area contributed by atoms with Crippen LogP contribution in [-0.2, 0) is 7.05 Å². The van der Waals surface area contributed by atoms with Crippen LogP contribution in [0.5, 0.6) is 0 Å². The highest BCUT2D eigenvalue weighted by Gasteiger charge is 2.18. The van der Waals surface area contributed by atoms with Crippen molar-refractivity contribution in [1.29, 1.82) is 0 Å². The van der Waals surface area contributed by atoms with E-state index in [0.717, 1.165) is 48.1 Å². The Labute approximate surface area is 135 Å². The number of fused-ring (bicyclic) bond motifs is 1. The topological polar surface area (TPSA) is 43.1 Å². The molecule has 1 saturated heterocycles. The van der Waals surface area contributed by atoms with Gasteiger partial charge in [0.25, 0.3) is 5.91 Å². The number of amides is 1. The first kappa shape index (κ1) is 14.1. The number of carbonyl (C=O) groups excluding carboxylic acids is 1. The van der Waals surface area contributed by atoms with Gasteiger partial charge < -0.3 is 9.47 Å². The third-order valence-electron chi connectivity index (χ3n) is 4.55. The van der Waals surface area contributed by atoms with Crippen molar-refractivity contribution in [1.82, 2.24) is 19.2 Å². The van der Waals surface area contributed by atoms with Crippen molar-refractivity contribution >= 4 is 16.8 Å². The van der Waals surface area contributed by atoms with Crippen molar-refractivity contribution in [3.63, 3.8) is 0 Å². The first-order valence-electron chi connectivity index (χ1n) is 8.12. The minimum atomic E-state index is 0.153. The summed E-state index contributed by atoms with van der Waals surface area (Å²) in [4.78, 5) is 14.6. The van der Waals surface area contributed by atoms with E-state index in [1.807, 2.05) is 48.7 Å². The highest BCUT2D eigenvalue weighted by molar-refractivity contribution is 5.98. The van der Waals surface area contributed by atoms with Crippen LogP contribution in [0.15, 0.2) is 42.9 Å². The van der Waals surface area contributed by atoms with Crippen LogP contribution in [0, 0.1) is 0 Å². The number of aryl methyl sites for hydroxylation is 1. The predicted molar refractivity (Wildman–Crippen MR) is 89.8 cm³/mol. The Hall–Kier alpha value is -2.56. The summed E-state index contributed by atoms with van der Waals surface area (Å²) in [5.41, 5.74) is 2.90. The summed E-state index contributed by atoms with van der Waals surface area (Å²) >= 11 is 0. The average Bonchev–Trinajstić information content (AvgIpc) is 3.20. The lowest BCUT2D eigenvalue weighted by atomic mass is 10.1. The molecule has 1 aliphatic rings. The van der Waals surface area contributed by atoms with Gasteiger partial charge in [-0.15, -0.1) is 0 Å². The van der Waals surface area contributed by atoms with E-state index in [1.165, 1.54) is 6.42 Å². The third-order valence-corrected chi connectivity index (χ3v) is 4.55. The van der Waals surface area contributed by atoms with E-state index >= 15 is 0 Å².